The quantitative estimate of drug-likeness (QED) is 0.629. The third-order valence-corrected chi connectivity index (χ3v) is 6.00. The van der Waals surface area contributed by atoms with E-state index in [0.717, 1.165) is 45.4 Å². The van der Waals surface area contributed by atoms with Crippen molar-refractivity contribution in [3.05, 3.63) is 64.2 Å². The third-order valence-electron chi connectivity index (χ3n) is 5.70. The Labute approximate surface area is 191 Å². The van der Waals surface area contributed by atoms with Gasteiger partial charge in [-0.25, -0.2) is 0 Å². The van der Waals surface area contributed by atoms with E-state index in [-0.39, 0.29) is 12.0 Å². The van der Waals surface area contributed by atoms with Gasteiger partial charge in [0.15, 0.2) is 0 Å². The molecule has 0 atom stereocenters. The highest BCUT2D eigenvalue weighted by atomic mass is 35.5. The maximum Gasteiger partial charge on any atom is 0.251 e. The van der Waals surface area contributed by atoms with Crippen LogP contribution in [0.15, 0.2) is 42.5 Å². The first-order valence-electron chi connectivity index (χ1n) is 11.1. The number of amides is 1. The molecule has 1 amide bonds. The average molecular weight is 444 g/mol. The summed E-state index contributed by atoms with van der Waals surface area (Å²) < 4.78 is 6.17. The maximum atomic E-state index is 12.3. The molecule has 5 nitrogen and oxygen atoms in total. The van der Waals surface area contributed by atoms with E-state index in [9.17, 15) is 4.79 Å². The van der Waals surface area contributed by atoms with Gasteiger partial charge in [0.25, 0.3) is 5.91 Å². The summed E-state index contributed by atoms with van der Waals surface area (Å²) in [5.41, 5.74) is 3.30. The fraction of sp³-hybridized carbons (Fsp3) is 0.480. The van der Waals surface area contributed by atoms with Crippen LogP contribution in [0.5, 0.6) is 5.75 Å². The number of benzene rings is 2. The molecule has 1 aliphatic rings. The van der Waals surface area contributed by atoms with Crippen molar-refractivity contribution >= 4 is 17.5 Å². The molecule has 168 valence electrons. The summed E-state index contributed by atoms with van der Waals surface area (Å²) in [6.45, 7) is 6.57. The molecule has 0 radical (unpaired) electrons. The van der Waals surface area contributed by atoms with Crippen LogP contribution in [0.2, 0.25) is 5.02 Å². The topological polar surface area (TPSA) is 44.8 Å². The number of piperidine rings is 1. The Morgan fingerprint density at radius 1 is 1.13 bits per heavy atom. The Kier molecular flexibility index (Phi) is 8.76. The number of halogens is 1. The Balaban J connectivity index is 1.46. The van der Waals surface area contributed by atoms with Crippen LogP contribution in [0.4, 0.5) is 0 Å². The molecular formula is C25H34ClN3O2. The number of nitrogens with zero attached hydrogens (tertiary/aromatic N) is 2. The molecule has 0 aromatic heterocycles. The molecule has 0 spiro atoms. The zero-order chi connectivity index (χ0) is 22.2. The molecule has 3 rings (SSSR count). The molecule has 2 aromatic carbocycles. The average Bonchev–Trinajstić information content (AvgIpc) is 2.76. The van der Waals surface area contributed by atoms with E-state index in [1.807, 2.05) is 25.1 Å². The molecule has 0 aliphatic carbocycles. The highest BCUT2D eigenvalue weighted by Crippen LogP contribution is 2.28. The molecule has 1 heterocycles. The number of hydrogen-bond acceptors (Lipinski definition) is 4. The summed E-state index contributed by atoms with van der Waals surface area (Å²) in [5.74, 6) is 0.538. The molecule has 1 fully saturated rings. The summed E-state index contributed by atoms with van der Waals surface area (Å²) in [4.78, 5) is 16.8. The second kappa shape index (κ2) is 11.5. The van der Waals surface area contributed by atoms with E-state index in [0.29, 0.717) is 22.9 Å². The van der Waals surface area contributed by atoms with Gasteiger partial charge >= 0.3 is 0 Å². The van der Waals surface area contributed by atoms with Crippen LogP contribution >= 0.6 is 11.6 Å². The van der Waals surface area contributed by atoms with Gasteiger partial charge in [-0.05, 0) is 62.7 Å². The number of nitrogens with one attached hydrogen (secondary N) is 1. The zero-order valence-corrected chi connectivity index (χ0v) is 19.6. The fourth-order valence-corrected chi connectivity index (χ4v) is 3.96. The second-order valence-electron chi connectivity index (χ2n) is 8.47. The number of rotatable bonds is 9. The van der Waals surface area contributed by atoms with Gasteiger partial charge in [0.2, 0.25) is 0 Å². The van der Waals surface area contributed by atoms with Gasteiger partial charge in [-0.1, -0.05) is 42.8 Å². The predicted molar refractivity (Wildman–Crippen MR) is 127 cm³/mol. The van der Waals surface area contributed by atoms with Crippen molar-refractivity contribution in [3.63, 3.8) is 0 Å². The van der Waals surface area contributed by atoms with Gasteiger partial charge in [-0.15, -0.1) is 0 Å². The fourth-order valence-electron chi connectivity index (χ4n) is 3.74. The van der Waals surface area contributed by atoms with Crippen LogP contribution in [0, 0.1) is 0 Å². The molecule has 1 N–H and O–H groups in total. The van der Waals surface area contributed by atoms with Crippen molar-refractivity contribution in [2.24, 2.45) is 0 Å². The summed E-state index contributed by atoms with van der Waals surface area (Å²) in [6.07, 6.45) is 3.16. The number of carbonyl (C=O) groups excluding carboxylic acids is 1. The Morgan fingerprint density at radius 2 is 1.81 bits per heavy atom. The predicted octanol–water partition coefficient (Wildman–Crippen LogP) is 4.24. The molecule has 6 heteroatoms. The highest BCUT2D eigenvalue weighted by molar-refractivity contribution is 6.32. The van der Waals surface area contributed by atoms with Gasteiger partial charge in [0.05, 0.1) is 5.02 Å². The zero-order valence-electron chi connectivity index (χ0n) is 18.9. The lowest BCUT2D eigenvalue weighted by Crippen LogP contribution is -2.37. The van der Waals surface area contributed by atoms with Gasteiger partial charge in [0, 0.05) is 38.3 Å². The van der Waals surface area contributed by atoms with Crippen molar-refractivity contribution < 1.29 is 9.53 Å². The lowest BCUT2D eigenvalue weighted by atomic mass is 10.1. The second-order valence-corrected chi connectivity index (χ2v) is 8.87. The maximum absolute atomic E-state index is 12.3. The standard InChI is InChI=1S/C25H34ClN3O2/c1-4-19-5-7-20(8-6-19)18-29-14-11-22(12-15-29)31-24-10-9-21(17-23(24)26)25(30)27-13-16-28(2)3/h5-10,17,22H,4,11-16,18H2,1-3H3,(H,27,30). The van der Waals surface area contributed by atoms with Crippen molar-refractivity contribution in [2.45, 2.75) is 38.8 Å². The van der Waals surface area contributed by atoms with Gasteiger partial charge < -0.3 is 15.0 Å². The molecule has 1 aliphatic heterocycles. The molecule has 0 saturated carbocycles. The largest absolute Gasteiger partial charge is 0.489 e. The monoisotopic (exact) mass is 443 g/mol. The molecule has 31 heavy (non-hydrogen) atoms. The van der Waals surface area contributed by atoms with Gasteiger partial charge in [-0.2, -0.15) is 0 Å². The Bertz CT molecular complexity index is 846. The van der Waals surface area contributed by atoms with Crippen LogP contribution in [0.1, 0.15) is 41.3 Å². The first kappa shape index (κ1) is 23.6. The normalized spacial score (nSPS) is 15.3. The molecular weight excluding hydrogens is 410 g/mol. The summed E-state index contributed by atoms with van der Waals surface area (Å²) in [6, 6.07) is 14.2. The van der Waals surface area contributed by atoms with E-state index >= 15 is 0 Å². The number of hydrogen-bond donors (Lipinski definition) is 1. The number of likely N-dealkylation sites (N-methyl/N-ethyl adjacent to an activating group) is 1. The van der Waals surface area contributed by atoms with Crippen molar-refractivity contribution in [1.82, 2.24) is 15.1 Å². The smallest absolute Gasteiger partial charge is 0.251 e. The van der Waals surface area contributed by atoms with E-state index < -0.39 is 0 Å². The van der Waals surface area contributed by atoms with E-state index in [1.54, 1.807) is 12.1 Å². The van der Waals surface area contributed by atoms with Crippen LogP contribution in [0.25, 0.3) is 0 Å². The SMILES string of the molecule is CCc1ccc(CN2CCC(Oc3ccc(C(=O)NCCN(C)C)cc3Cl)CC2)cc1. The summed E-state index contributed by atoms with van der Waals surface area (Å²) >= 11 is 6.41. The molecule has 0 unspecified atom stereocenters. The van der Waals surface area contributed by atoms with E-state index in [2.05, 4.69) is 41.4 Å². The minimum Gasteiger partial charge on any atom is -0.489 e. The van der Waals surface area contributed by atoms with Crippen LogP contribution in [0.3, 0.4) is 0 Å². The Hall–Kier alpha value is -2.08. The lowest BCUT2D eigenvalue weighted by molar-refractivity contribution is 0.0948. The van der Waals surface area contributed by atoms with Crippen molar-refractivity contribution in [2.75, 3.05) is 40.3 Å². The number of ether oxygens (including phenoxy) is 1. The van der Waals surface area contributed by atoms with E-state index in [1.165, 1.54) is 11.1 Å². The minimum absolute atomic E-state index is 0.115. The summed E-state index contributed by atoms with van der Waals surface area (Å²) in [7, 11) is 3.95. The number of aryl methyl sites for hydroxylation is 1. The third kappa shape index (κ3) is 7.23. The van der Waals surface area contributed by atoms with Crippen molar-refractivity contribution in [3.8, 4) is 5.75 Å². The minimum atomic E-state index is -0.115. The van der Waals surface area contributed by atoms with E-state index in [4.69, 9.17) is 16.3 Å². The van der Waals surface area contributed by atoms with Crippen molar-refractivity contribution in [1.29, 1.82) is 0 Å². The number of carbonyl (C=O) groups is 1. The van der Waals surface area contributed by atoms with Crippen LogP contribution in [-0.2, 0) is 13.0 Å². The van der Waals surface area contributed by atoms with Crippen LogP contribution in [-0.4, -0.2) is 62.1 Å². The van der Waals surface area contributed by atoms with Gasteiger partial charge in [0.1, 0.15) is 11.9 Å². The molecule has 1 saturated heterocycles. The first-order chi connectivity index (χ1) is 14.9. The Morgan fingerprint density at radius 3 is 2.42 bits per heavy atom. The summed E-state index contributed by atoms with van der Waals surface area (Å²) in [5, 5.41) is 3.39. The highest BCUT2D eigenvalue weighted by Gasteiger charge is 2.21. The van der Waals surface area contributed by atoms with Gasteiger partial charge in [-0.3, -0.25) is 9.69 Å². The lowest BCUT2D eigenvalue weighted by Gasteiger charge is -2.32. The molecule has 2 aromatic rings. The van der Waals surface area contributed by atoms with Crippen LogP contribution < -0.4 is 10.1 Å². The first-order valence-corrected chi connectivity index (χ1v) is 11.5. The number of likely N-dealkylation sites (tertiary alicyclic amines) is 1. The molecule has 0 bridgehead atoms.